The molecule has 1 N–H and O–H groups in total. The lowest BCUT2D eigenvalue weighted by atomic mass is 10.1. The maximum atomic E-state index is 11.8. The second kappa shape index (κ2) is 8.64. The highest BCUT2D eigenvalue weighted by Crippen LogP contribution is 2.11. The van der Waals surface area contributed by atoms with E-state index in [1.165, 1.54) is 6.20 Å². The van der Waals surface area contributed by atoms with Crippen molar-refractivity contribution in [2.75, 3.05) is 13.2 Å². The molecule has 5 nitrogen and oxygen atoms in total. The molecule has 0 aliphatic rings. The number of carbonyl (C=O) groups excluding carboxylic acids is 2. The molecule has 0 aliphatic heterocycles. The normalized spacial score (nSPS) is 10.2. The Morgan fingerprint density at radius 3 is 2.65 bits per heavy atom. The molecule has 0 atom stereocenters. The minimum absolute atomic E-state index is 0.285. The zero-order chi connectivity index (χ0) is 16.7. The van der Waals surface area contributed by atoms with E-state index in [2.05, 4.69) is 26.2 Å². The molecule has 1 aromatic carbocycles. The average Bonchev–Trinajstić information content (AvgIpc) is 2.54. The molecule has 0 saturated carbocycles. The lowest BCUT2D eigenvalue weighted by Crippen LogP contribution is -2.30. The monoisotopic (exact) mass is 396 g/mol. The topological polar surface area (TPSA) is 68.3 Å². The van der Waals surface area contributed by atoms with Gasteiger partial charge in [0.05, 0.1) is 5.56 Å². The van der Waals surface area contributed by atoms with Crippen LogP contribution in [0.15, 0.2) is 47.2 Å². The van der Waals surface area contributed by atoms with Crippen LogP contribution in [0.5, 0.6) is 0 Å². The van der Waals surface area contributed by atoms with Gasteiger partial charge in [0.2, 0.25) is 0 Å². The summed E-state index contributed by atoms with van der Waals surface area (Å²) in [5.74, 6) is -0.943. The van der Waals surface area contributed by atoms with Crippen LogP contribution >= 0.6 is 27.5 Å². The van der Waals surface area contributed by atoms with E-state index in [1.54, 1.807) is 24.4 Å². The molecule has 0 saturated heterocycles. The molecular weight excluding hydrogens is 384 g/mol. The third-order valence-electron chi connectivity index (χ3n) is 2.92. The second-order valence-corrected chi connectivity index (χ2v) is 6.05. The number of benzene rings is 1. The van der Waals surface area contributed by atoms with Crippen LogP contribution in [0.3, 0.4) is 0 Å². The highest BCUT2D eigenvalue weighted by atomic mass is 79.9. The summed E-state index contributed by atoms with van der Waals surface area (Å²) in [4.78, 5) is 27.3. The van der Waals surface area contributed by atoms with Crippen LogP contribution in [0, 0.1) is 0 Å². The lowest BCUT2D eigenvalue weighted by molar-refractivity contribution is -0.124. The molecule has 23 heavy (non-hydrogen) atoms. The van der Waals surface area contributed by atoms with Crippen molar-refractivity contribution in [1.82, 2.24) is 10.3 Å². The average molecular weight is 398 g/mol. The molecule has 0 spiro atoms. The van der Waals surface area contributed by atoms with E-state index < -0.39 is 5.97 Å². The van der Waals surface area contributed by atoms with E-state index >= 15 is 0 Å². The molecular formula is C16H14BrClN2O3. The number of pyridine rings is 1. The first-order valence-corrected chi connectivity index (χ1v) is 8.00. The van der Waals surface area contributed by atoms with E-state index in [9.17, 15) is 9.59 Å². The maximum Gasteiger partial charge on any atom is 0.340 e. The first-order chi connectivity index (χ1) is 11.0. The van der Waals surface area contributed by atoms with Crippen molar-refractivity contribution in [2.45, 2.75) is 6.42 Å². The Balaban J connectivity index is 1.70. The van der Waals surface area contributed by atoms with Gasteiger partial charge in [0.25, 0.3) is 5.91 Å². The molecule has 120 valence electrons. The van der Waals surface area contributed by atoms with Gasteiger partial charge in [-0.3, -0.25) is 9.78 Å². The Morgan fingerprint density at radius 1 is 1.22 bits per heavy atom. The standard InChI is InChI=1S/C16H14BrClN2O3/c17-13-7-12(8-19-9-13)16(22)23-10-15(21)20-6-5-11-1-3-14(18)4-2-11/h1-4,7-9H,5-6,10H2,(H,20,21). The smallest absolute Gasteiger partial charge is 0.340 e. The van der Waals surface area contributed by atoms with E-state index in [1.807, 2.05) is 12.1 Å². The first kappa shape index (κ1) is 17.4. The predicted molar refractivity (Wildman–Crippen MR) is 90.4 cm³/mol. The van der Waals surface area contributed by atoms with Gasteiger partial charge in [-0.1, -0.05) is 23.7 Å². The maximum absolute atomic E-state index is 11.8. The van der Waals surface area contributed by atoms with E-state index in [0.29, 0.717) is 22.5 Å². The van der Waals surface area contributed by atoms with Gasteiger partial charge in [0.15, 0.2) is 6.61 Å². The quantitative estimate of drug-likeness (QED) is 0.761. The largest absolute Gasteiger partial charge is 0.452 e. The Kier molecular flexibility index (Phi) is 6.55. The third-order valence-corrected chi connectivity index (χ3v) is 3.61. The van der Waals surface area contributed by atoms with Gasteiger partial charge in [-0.05, 0) is 46.1 Å². The van der Waals surface area contributed by atoms with Gasteiger partial charge in [-0.2, -0.15) is 0 Å². The number of carbonyl (C=O) groups is 2. The number of amides is 1. The van der Waals surface area contributed by atoms with Crippen molar-refractivity contribution in [3.05, 3.63) is 63.3 Å². The van der Waals surface area contributed by atoms with Crippen molar-refractivity contribution >= 4 is 39.4 Å². The molecule has 2 rings (SSSR count). The minimum Gasteiger partial charge on any atom is -0.452 e. The molecule has 0 unspecified atom stereocenters. The predicted octanol–water partition coefficient (Wildman–Crippen LogP) is 3.01. The van der Waals surface area contributed by atoms with E-state index in [0.717, 1.165) is 5.56 Å². The molecule has 1 amide bonds. The SMILES string of the molecule is O=C(COC(=O)c1cncc(Br)c1)NCCc1ccc(Cl)cc1. The lowest BCUT2D eigenvalue weighted by Gasteiger charge is -2.07. The zero-order valence-corrected chi connectivity index (χ0v) is 14.4. The molecule has 0 bridgehead atoms. The Morgan fingerprint density at radius 2 is 1.96 bits per heavy atom. The van der Waals surface area contributed by atoms with Crippen molar-refractivity contribution < 1.29 is 14.3 Å². The Hall–Kier alpha value is -1.92. The van der Waals surface area contributed by atoms with Crippen LogP contribution in [0.25, 0.3) is 0 Å². The summed E-state index contributed by atoms with van der Waals surface area (Å²) >= 11 is 9.02. The number of hydrogen-bond donors (Lipinski definition) is 1. The van der Waals surface area contributed by atoms with Gasteiger partial charge in [-0.25, -0.2) is 4.79 Å². The van der Waals surface area contributed by atoms with Crippen LogP contribution in [0.4, 0.5) is 0 Å². The van der Waals surface area contributed by atoms with Crippen LogP contribution < -0.4 is 5.32 Å². The van der Waals surface area contributed by atoms with E-state index in [4.69, 9.17) is 16.3 Å². The number of ether oxygens (including phenoxy) is 1. The summed E-state index contributed by atoms with van der Waals surface area (Å²) in [5, 5.41) is 3.36. The van der Waals surface area contributed by atoms with Crippen LogP contribution in [0.1, 0.15) is 15.9 Å². The molecule has 1 heterocycles. The van der Waals surface area contributed by atoms with Gasteiger partial charge in [0, 0.05) is 28.4 Å². The van der Waals surface area contributed by atoms with Crippen molar-refractivity contribution in [1.29, 1.82) is 0 Å². The highest BCUT2D eigenvalue weighted by molar-refractivity contribution is 9.10. The zero-order valence-electron chi connectivity index (χ0n) is 12.1. The fourth-order valence-corrected chi connectivity index (χ4v) is 2.28. The van der Waals surface area contributed by atoms with Gasteiger partial charge >= 0.3 is 5.97 Å². The van der Waals surface area contributed by atoms with Gasteiger partial charge in [0.1, 0.15) is 0 Å². The minimum atomic E-state index is -0.591. The fraction of sp³-hybridized carbons (Fsp3) is 0.188. The number of hydrogen-bond acceptors (Lipinski definition) is 4. The summed E-state index contributed by atoms with van der Waals surface area (Å²) in [6, 6.07) is 8.97. The Labute approximate surface area is 147 Å². The number of nitrogens with one attached hydrogen (secondary N) is 1. The van der Waals surface area contributed by atoms with Crippen LogP contribution in [-0.2, 0) is 16.0 Å². The first-order valence-electron chi connectivity index (χ1n) is 6.83. The molecule has 1 aromatic heterocycles. The third kappa shape index (κ3) is 6.00. The number of halogens is 2. The Bertz CT molecular complexity index is 692. The number of esters is 1. The number of rotatable bonds is 6. The van der Waals surface area contributed by atoms with Crippen LogP contribution in [-0.4, -0.2) is 30.0 Å². The van der Waals surface area contributed by atoms with Gasteiger partial charge in [-0.15, -0.1) is 0 Å². The van der Waals surface area contributed by atoms with Crippen molar-refractivity contribution in [3.63, 3.8) is 0 Å². The summed E-state index contributed by atoms with van der Waals surface area (Å²) in [6.07, 6.45) is 3.61. The second-order valence-electron chi connectivity index (χ2n) is 4.69. The summed E-state index contributed by atoms with van der Waals surface area (Å²) in [7, 11) is 0. The molecule has 0 radical (unpaired) electrons. The molecule has 2 aromatic rings. The van der Waals surface area contributed by atoms with Gasteiger partial charge < -0.3 is 10.1 Å². The van der Waals surface area contributed by atoms with Crippen LogP contribution in [0.2, 0.25) is 5.02 Å². The number of nitrogens with zero attached hydrogens (tertiary/aromatic N) is 1. The summed E-state index contributed by atoms with van der Waals surface area (Å²) < 4.78 is 5.60. The molecule has 7 heteroatoms. The van der Waals surface area contributed by atoms with E-state index in [-0.39, 0.29) is 18.1 Å². The number of aromatic nitrogens is 1. The molecule has 0 aliphatic carbocycles. The van der Waals surface area contributed by atoms with Crippen molar-refractivity contribution in [2.24, 2.45) is 0 Å². The summed E-state index contributed by atoms with van der Waals surface area (Å²) in [5.41, 5.74) is 1.35. The molecule has 0 fully saturated rings. The highest BCUT2D eigenvalue weighted by Gasteiger charge is 2.10. The fourth-order valence-electron chi connectivity index (χ4n) is 1.79. The van der Waals surface area contributed by atoms with Crippen molar-refractivity contribution in [3.8, 4) is 0 Å². The summed E-state index contributed by atoms with van der Waals surface area (Å²) in [6.45, 7) is 0.127.